The van der Waals surface area contributed by atoms with Crippen molar-refractivity contribution in [2.45, 2.75) is 50.2 Å². The van der Waals surface area contributed by atoms with Gasteiger partial charge in [-0.1, -0.05) is 12.8 Å². The molecule has 0 radical (unpaired) electrons. The molecule has 0 spiro atoms. The highest BCUT2D eigenvalue weighted by molar-refractivity contribution is 7.98. The second-order valence-corrected chi connectivity index (χ2v) is 7.93. The predicted molar refractivity (Wildman–Crippen MR) is 101 cm³/mol. The summed E-state index contributed by atoms with van der Waals surface area (Å²) in [4.78, 5) is 12.7. The van der Waals surface area contributed by atoms with Crippen LogP contribution in [0, 0.1) is 10.1 Å². The Morgan fingerprint density at radius 2 is 2.08 bits per heavy atom. The van der Waals surface area contributed by atoms with Gasteiger partial charge in [-0.05, 0) is 39.1 Å². The molecular formula is C17H30N4O3S. The summed E-state index contributed by atoms with van der Waals surface area (Å²) in [6.07, 6.45) is 4.45. The van der Waals surface area contributed by atoms with Gasteiger partial charge in [-0.3, -0.25) is 20.7 Å². The molecule has 7 nitrogen and oxygen atoms in total. The van der Waals surface area contributed by atoms with E-state index in [4.69, 9.17) is 4.42 Å². The van der Waals surface area contributed by atoms with Crippen molar-refractivity contribution in [3.05, 3.63) is 33.8 Å². The Labute approximate surface area is 154 Å². The number of nitrogens with one attached hydrogen (secondary N) is 2. The minimum atomic E-state index is -0.248. The molecule has 0 aromatic carbocycles. The molecule has 25 heavy (non-hydrogen) atoms. The van der Waals surface area contributed by atoms with Gasteiger partial charge in [0.25, 0.3) is 0 Å². The van der Waals surface area contributed by atoms with Crippen molar-refractivity contribution >= 4 is 11.8 Å². The van der Waals surface area contributed by atoms with Crippen LogP contribution in [-0.4, -0.2) is 55.0 Å². The first-order valence-corrected chi connectivity index (χ1v) is 10.1. The number of hydrogen-bond acceptors (Lipinski definition) is 7. The van der Waals surface area contributed by atoms with Crippen LogP contribution in [0.25, 0.3) is 0 Å². The van der Waals surface area contributed by atoms with Gasteiger partial charge < -0.3 is 9.32 Å². The van der Waals surface area contributed by atoms with E-state index in [2.05, 4.69) is 15.5 Å². The second kappa shape index (κ2) is 10.8. The van der Waals surface area contributed by atoms with Crippen LogP contribution in [0.3, 0.4) is 0 Å². The highest BCUT2D eigenvalue weighted by atomic mass is 32.2. The van der Waals surface area contributed by atoms with Gasteiger partial charge in [0.2, 0.25) is 6.54 Å². The number of nitrogens with zero attached hydrogens (tertiary/aromatic N) is 2. The lowest BCUT2D eigenvalue weighted by molar-refractivity contribution is -0.484. The van der Waals surface area contributed by atoms with Crippen molar-refractivity contribution in [2.75, 3.05) is 32.9 Å². The second-order valence-electron chi connectivity index (χ2n) is 6.83. The lowest BCUT2D eigenvalue weighted by Gasteiger charge is -2.21. The van der Waals surface area contributed by atoms with E-state index in [9.17, 15) is 10.1 Å². The monoisotopic (exact) mass is 370 g/mol. The van der Waals surface area contributed by atoms with Gasteiger partial charge in [0.15, 0.2) is 0 Å². The average molecular weight is 371 g/mol. The lowest BCUT2D eigenvalue weighted by atomic mass is 10.2. The van der Waals surface area contributed by atoms with E-state index in [0.29, 0.717) is 6.04 Å². The minimum absolute atomic E-state index is 0.0761. The van der Waals surface area contributed by atoms with Gasteiger partial charge in [-0.2, -0.15) is 11.8 Å². The van der Waals surface area contributed by atoms with Gasteiger partial charge in [-0.15, -0.1) is 0 Å². The molecule has 1 unspecified atom stereocenters. The Balaban J connectivity index is 1.63. The summed E-state index contributed by atoms with van der Waals surface area (Å²) >= 11 is 1.77. The molecule has 1 fully saturated rings. The van der Waals surface area contributed by atoms with Gasteiger partial charge in [0, 0.05) is 23.3 Å². The predicted octanol–water partition coefficient (Wildman–Crippen LogP) is 2.30. The maximum absolute atomic E-state index is 10.8. The molecule has 8 heteroatoms. The van der Waals surface area contributed by atoms with E-state index in [0.717, 1.165) is 49.0 Å². The molecule has 2 rings (SSSR count). The third-order valence-corrected chi connectivity index (χ3v) is 5.18. The molecule has 2 N–H and O–H groups in total. The van der Waals surface area contributed by atoms with Crippen molar-refractivity contribution in [2.24, 2.45) is 0 Å². The van der Waals surface area contributed by atoms with Crippen LogP contribution < -0.4 is 10.6 Å². The zero-order chi connectivity index (χ0) is 18.1. The van der Waals surface area contributed by atoms with Crippen molar-refractivity contribution in [1.82, 2.24) is 15.5 Å². The van der Waals surface area contributed by atoms with E-state index in [1.807, 2.05) is 26.2 Å². The number of nitro groups is 1. The largest absolute Gasteiger partial charge is 0.464 e. The molecule has 1 aliphatic carbocycles. The fraction of sp³-hybridized carbons (Fsp3) is 0.765. The van der Waals surface area contributed by atoms with Gasteiger partial charge in [-0.25, -0.2) is 0 Å². The summed E-state index contributed by atoms with van der Waals surface area (Å²) in [5.74, 6) is 3.67. The first-order valence-electron chi connectivity index (χ1n) is 8.94. The van der Waals surface area contributed by atoms with Crippen LogP contribution in [-0.2, 0) is 12.3 Å². The Kier molecular flexibility index (Phi) is 8.74. The van der Waals surface area contributed by atoms with Crippen LogP contribution in [0.2, 0.25) is 0 Å². The minimum Gasteiger partial charge on any atom is -0.464 e. The van der Waals surface area contributed by atoms with Crippen molar-refractivity contribution in [1.29, 1.82) is 0 Å². The summed E-state index contributed by atoms with van der Waals surface area (Å²) in [5, 5.41) is 17.5. The zero-order valence-electron chi connectivity index (χ0n) is 15.2. The molecule has 142 valence electrons. The fourth-order valence-corrected chi connectivity index (χ4v) is 3.84. The SMILES string of the molecule is CN(C)Cc1ccc(CSCCNC(C[N+](=O)[O-])NC2CCCC2)o1. The third kappa shape index (κ3) is 8.22. The molecule has 1 aliphatic rings. The van der Waals surface area contributed by atoms with Crippen LogP contribution in [0.4, 0.5) is 0 Å². The Bertz CT molecular complexity index is 518. The molecular weight excluding hydrogens is 340 g/mol. The van der Waals surface area contributed by atoms with Gasteiger partial charge in [0.1, 0.15) is 17.7 Å². The van der Waals surface area contributed by atoms with E-state index in [1.165, 1.54) is 12.8 Å². The van der Waals surface area contributed by atoms with Crippen LogP contribution >= 0.6 is 11.8 Å². The maximum atomic E-state index is 10.8. The summed E-state index contributed by atoms with van der Waals surface area (Å²) in [7, 11) is 4.03. The third-order valence-electron chi connectivity index (χ3n) is 4.19. The lowest BCUT2D eigenvalue weighted by Crippen LogP contribution is -2.51. The number of hydrogen-bond donors (Lipinski definition) is 2. The summed E-state index contributed by atoms with van der Waals surface area (Å²) < 4.78 is 5.78. The zero-order valence-corrected chi connectivity index (χ0v) is 16.0. The molecule has 0 saturated heterocycles. The molecule has 0 amide bonds. The van der Waals surface area contributed by atoms with E-state index < -0.39 is 0 Å². The highest BCUT2D eigenvalue weighted by Gasteiger charge is 2.21. The van der Waals surface area contributed by atoms with Crippen molar-refractivity contribution in [3.63, 3.8) is 0 Å². The molecule has 1 aromatic heterocycles. The molecule has 1 aromatic rings. The molecule has 0 bridgehead atoms. The molecule has 1 saturated carbocycles. The molecule has 1 heterocycles. The van der Waals surface area contributed by atoms with Crippen LogP contribution in [0.15, 0.2) is 16.5 Å². The average Bonchev–Trinajstić information content (AvgIpc) is 3.17. The quantitative estimate of drug-likeness (QED) is 0.253. The van der Waals surface area contributed by atoms with Crippen LogP contribution in [0.5, 0.6) is 0 Å². The summed E-state index contributed by atoms with van der Waals surface area (Å²) in [6.45, 7) is 1.48. The first-order chi connectivity index (χ1) is 12.0. The highest BCUT2D eigenvalue weighted by Crippen LogP contribution is 2.18. The fourth-order valence-electron chi connectivity index (χ4n) is 3.08. The number of furan rings is 1. The Morgan fingerprint density at radius 1 is 1.36 bits per heavy atom. The smallest absolute Gasteiger partial charge is 0.231 e. The van der Waals surface area contributed by atoms with Gasteiger partial charge in [0.05, 0.1) is 12.3 Å². The molecule has 1 atom stereocenters. The van der Waals surface area contributed by atoms with Crippen molar-refractivity contribution < 1.29 is 9.34 Å². The summed E-state index contributed by atoms with van der Waals surface area (Å²) in [5.41, 5.74) is 0. The molecule has 0 aliphatic heterocycles. The first kappa shape index (κ1) is 20.2. The Hall–Kier alpha value is -1.09. The normalized spacial score (nSPS) is 16.6. The summed E-state index contributed by atoms with van der Waals surface area (Å²) in [6, 6.07) is 4.46. The number of rotatable bonds is 12. The van der Waals surface area contributed by atoms with E-state index in [-0.39, 0.29) is 17.6 Å². The van der Waals surface area contributed by atoms with Crippen LogP contribution in [0.1, 0.15) is 37.2 Å². The maximum Gasteiger partial charge on any atom is 0.231 e. The van der Waals surface area contributed by atoms with Crippen molar-refractivity contribution in [3.8, 4) is 0 Å². The van der Waals surface area contributed by atoms with Gasteiger partial charge >= 0.3 is 0 Å². The number of thioether (sulfide) groups is 1. The van der Waals surface area contributed by atoms with E-state index in [1.54, 1.807) is 11.8 Å². The van der Waals surface area contributed by atoms with E-state index >= 15 is 0 Å². The standard InChI is InChI=1S/C17H30N4O3S/c1-20(2)11-15-7-8-16(24-15)13-25-10-9-18-17(12-21(22)23)19-14-5-3-4-6-14/h7-8,14,17-19H,3-6,9-13H2,1-2H3. The topological polar surface area (TPSA) is 83.6 Å². The Morgan fingerprint density at radius 3 is 2.76 bits per heavy atom.